The first-order valence-corrected chi connectivity index (χ1v) is 9.93. The van der Waals surface area contributed by atoms with Gasteiger partial charge in [0.05, 0.1) is 5.75 Å². The van der Waals surface area contributed by atoms with E-state index in [1.807, 2.05) is 0 Å². The lowest BCUT2D eigenvalue weighted by atomic mass is 9.98. The van der Waals surface area contributed by atoms with Gasteiger partial charge in [-0.3, -0.25) is 4.79 Å². The number of nitrogens with one attached hydrogen (secondary N) is 1. The van der Waals surface area contributed by atoms with Gasteiger partial charge >= 0.3 is 0 Å². The van der Waals surface area contributed by atoms with Crippen LogP contribution in [0.3, 0.4) is 0 Å². The lowest BCUT2D eigenvalue weighted by Gasteiger charge is -2.39. The molecule has 0 spiro atoms. The van der Waals surface area contributed by atoms with Crippen LogP contribution in [0, 0.1) is 0 Å². The van der Waals surface area contributed by atoms with Crippen molar-refractivity contribution in [3.8, 4) is 0 Å². The number of carbonyl (C=O) groups is 1. The molecule has 1 fully saturated rings. The topological polar surface area (TPSA) is 58.1 Å². The molecule has 1 N–H and O–H groups in total. The van der Waals surface area contributed by atoms with Crippen molar-refractivity contribution in [1.29, 1.82) is 0 Å². The quantitative estimate of drug-likeness (QED) is 0.606. The Balaban J connectivity index is 1.80. The van der Waals surface area contributed by atoms with Crippen molar-refractivity contribution >= 4 is 34.1 Å². The minimum Gasteiger partial charge on any atom is -0.360 e. The van der Waals surface area contributed by atoms with E-state index in [4.69, 9.17) is 0 Å². The molecule has 1 aromatic heterocycles. The first kappa shape index (κ1) is 17.5. The van der Waals surface area contributed by atoms with Crippen LogP contribution in [0.4, 0.5) is 5.13 Å². The predicted molar refractivity (Wildman–Crippen MR) is 93.7 cm³/mol. The van der Waals surface area contributed by atoms with Crippen molar-refractivity contribution in [2.75, 3.05) is 17.6 Å². The van der Waals surface area contributed by atoms with Gasteiger partial charge in [0.15, 0.2) is 4.34 Å². The molecule has 0 aliphatic carbocycles. The van der Waals surface area contributed by atoms with E-state index in [-0.39, 0.29) is 5.91 Å². The lowest BCUT2D eigenvalue weighted by molar-refractivity contribution is -0.134. The van der Waals surface area contributed by atoms with E-state index in [1.54, 1.807) is 0 Å². The van der Waals surface area contributed by atoms with Crippen LogP contribution >= 0.6 is 23.1 Å². The van der Waals surface area contributed by atoms with Gasteiger partial charge in [0, 0.05) is 18.6 Å². The van der Waals surface area contributed by atoms with Crippen LogP contribution in [0.15, 0.2) is 4.34 Å². The Morgan fingerprint density at radius 1 is 1.36 bits per heavy atom. The summed E-state index contributed by atoms with van der Waals surface area (Å²) in [5, 5.41) is 12.4. The molecule has 1 amide bonds. The fourth-order valence-electron chi connectivity index (χ4n) is 2.82. The molecule has 1 saturated heterocycles. The Labute approximate surface area is 141 Å². The Morgan fingerprint density at radius 3 is 2.77 bits per heavy atom. The smallest absolute Gasteiger partial charge is 0.233 e. The second-order valence-corrected chi connectivity index (χ2v) is 8.07. The molecule has 2 unspecified atom stereocenters. The SMILES string of the molecule is CCCCNc1nnc(SCC(=O)N2C(C)CCCC2C)s1. The third kappa shape index (κ3) is 4.84. The number of nitrogens with zero attached hydrogens (tertiary/aromatic N) is 3. The summed E-state index contributed by atoms with van der Waals surface area (Å²) in [6.07, 6.45) is 5.75. The molecule has 22 heavy (non-hydrogen) atoms. The number of amides is 1. The first-order chi connectivity index (χ1) is 10.6. The van der Waals surface area contributed by atoms with E-state index in [9.17, 15) is 4.79 Å². The molecular formula is C15H26N4OS2. The largest absolute Gasteiger partial charge is 0.360 e. The van der Waals surface area contributed by atoms with Gasteiger partial charge in [-0.1, -0.05) is 36.4 Å². The molecule has 5 nitrogen and oxygen atoms in total. The molecule has 2 atom stereocenters. The minimum atomic E-state index is 0.223. The van der Waals surface area contributed by atoms with Gasteiger partial charge in [-0.05, 0) is 39.5 Å². The third-order valence-corrected chi connectivity index (χ3v) is 6.01. The van der Waals surface area contributed by atoms with Crippen molar-refractivity contribution in [3.05, 3.63) is 0 Å². The highest BCUT2D eigenvalue weighted by atomic mass is 32.2. The van der Waals surface area contributed by atoms with Gasteiger partial charge in [0.2, 0.25) is 11.0 Å². The maximum Gasteiger partial charge on any atom is 0.233 e. The number of likely N-dealkylation sites (tertiary alicyclic amines) is 1. The molecule has 2 rings (SSSR count). The van der Waals surface area contributed by atoms with E-state index in [1.165, 1.54) is 29.5 Å². The molecule has 124 valence electrons. The van der Waals surface area contributed by atoms with Crippen molar-refractivity contribution in [2.24, 2.45) is 0 Å². The zero-order chi connectivity index (χ0) is 15.9. The maximum absolute atomic E-state index is 12.5. The number of carbonyl (C=O) groups excluding carboxylic acids is 1. The number of rotatable bonds is 7. The Hall–Kier alpha value is -0.820. The lowest BCUT2D eigenvalue weighted by Crippen LogP contribution is -2.48. The van der Waals surface area contributed by atoms with E-state index < -0.39 is 0 Å². The molecular weight excluding hydrogens is 316 g/mol. The van der Waals surface area contributed by atoms with Gasteiger partial charge in [0.25, 0.3) is 0 Å². The van der Waals surface area contributed by atoms with E-state index >= 15 is 0 Å². The highest BCUT2D eigenvalue weighted by molar-refractivity contribution is 8.01. The average Bonchev–Trinajstić information content (AvgIpc) is 2.93. The molecule has 1 aromatic rings. The average molecular weight is 343 g/mol. The van der Waals surface area contributed by atoms with Crippen LogP contribution in [0.5, 0.6) is 0 Å². The molecule has 1 aliphatic heterocycles. The van der Waals surface area contributed by atoms with Crippen molar-refractivity contribution in [3.63, 3.8) is 0 Å². The molecule has 0 saturated carbocycles. The molecule has 0 aromatic carbocycles. The summed E-state index contributed by atoms with van der Waals surface area (Å²) < 4.78 is 0.865. The van der Waals surface area contributed by atoms with E-state index in [0.717, 1.165) is 41.7 Å². The van der Waals surface area contributed by atoms with Crippen LogP contribution < -0.4 is 5.32 Å². The van der Waals surface area contributed by atoms with Gasteiger partial charge in [-0.25, -0.2) is 0 Å². The van der Waals surface area contributed by atoms with E-state index in [2.05, 4.69) is 41.2 Å². The normalized spacial score (nSPS) is 21.9. The monoisotopic (exact) mass is 342 g/mol. The fourth-order valence-corrected chi connectivity index (χ4v) is 4.47. The van der Waals surface area contributed by atoms with Crippen LogP contribution in [-0.4, -0.2) is 45.4 Å². The molecule has 7 heteroatoms. The zero-order valence-electron chi connectivity index (χ0n) is 13.7. The van der Waals surface area contributed by atoms with Gasteiger partial charge < -0.3 is 10.2 Å². The Bertz CT molecular complexity index is 470. The fraction of sp³-hybridized carbons (Fsp3) is 0.800. The molecule has 2 heterocycles. The summed E-state index contributed by atoms with van der Waals surface area (Å²) in [5.74, 6) is 0.679. The zero-order valence-corrected chi connectivity index (χ0v) is 15.3. The second kappa shape index (κ2) is 8.72. The standard InChI is InChI=1S/C15H26N4OS2/c1-4-5-9-16-14-17-18-15(22-14)21-10-13(20)19-11(2)7-6-8-12(19)3/h11-12H,4-10H2,1-3H3,(H,16,17). The number of hydrogen-bond acceptors (Lipinski definition) is 6. The van der Waals surface area contributed by atoms with Crippen LogP contribution in [0.2, 0.25) is 0 Å². The molecule has 0 radical (unpaired) electrons. The molecule has 1 aliphatic rings. The summed E-state index contributed by atoms with van der Waals surface area (Å²) >= 11 is 3.03. The maximum atomic E-state index is 12.5. The summed E-state index contributed by atoms with van der Waals surface area (Å²) in [6.45, 7) is 7.40. The Kier molecular flexibility index (Phi) is 6.95. The van der Waals surface area contributed by atoms with Gasteiger partial charge in [-0.2, -0.15) is 0 Å². The highest BCUT2D eigenvalue weighted by Crippen LogP contribution is 2.28. The Morgan fingerprint density at radius 2 is 2.09 bits per heavy atom. The number of piperidine rings is 1. The van der Waals surface area contributed by atoms with Crippen molar-refractivity contribution in [2.45, 2.75) is 69.3 Å². The van der Waals surface area contributed by atoms with Gasteiger partial charge in [-0.15, -0.1) is 10.2 Å². The van der Waals surface area contributed by atoms with Crippen LogP contribution in [0.25, 0.3) is 0 Å². The predicted octanol–water partition coefficient (Wildman–Crippen LogP) is 3.63. The number of unbranched alkanes of at least 4 members (excludes halogenated alkanes) is 1. The number of anilines is 1. The number of aromatic nitrogens is 2. The second-order valence-electron chi connectivity index (χ2n) is 5.87. The summed E-state index contributed by atoms with van der Waals surface area (Å²) in [7, 11) is 0. The summed E-state index contributed by atoms with van der Waals surface area (Å²) in [6, 6.07) is 0.718. The van der Waals surface area contributed by atoms with Gasteiger partial charge in [0.1, 0.15) is 0 Å². The number of hydrogen-bond donors (Lipinski definition) is 1. The van der Waals surface area contributed by atoms with Crippen LogP contribution in [0.1, 0.15) is 52.9 Å². The number of thioether (sulfide) groups is 1. The summed E-state index contributed by atoms with van der Waals surface area (Å²) in [4.78, 5) is 14.5. The highest BCUT2D eigenvalue weighted by Gasteiger charge is 2.28. The van der Waals surface area contributed by atoms with Crippen molar-refractivity contribution in [1.82, 2.24) is 15.1 Å². The van der Waals surface area contributed by atoms with Crippen molar-refractivity contribution < 1.29 is 4.79 Å². The van der Waals surface area contributed by atoms with Crippen LogP contribution in [-0.2, 0) is 4.79 Å². The summed E-state index contributed by atoms with van der Waals surface area (Å²) in [5.41, 5.74) is 0. The first-order valence-electron chi connectivity index (χ1n) is 8.13. The minimum absolute atomic E-state index is 0.223. The van der Waals surface area contributed by atoms with E-state index in [0.29, 0.717) is 17.8 Å². The third-order valence-electron chi connectivity index (χ3n) is 4.01. The molecule has 0 bridgehead atoms.